The van der Waals surface area contributed by atoms with Crippen LogP contribution in [0.5, 0.6) is 0 Å². The van der Waals surface area contributed by atoms with Crippen LogP contribution in [-0.2, 0) is 6.54 Å². The summed E-state index contributed by atoms with van der Waals surface area (Å²) in [6.45, 7) is 3.72. The van der Waals surface area contributed by atoms with E-state index in [1.165, 1.54) is 0 Å². The van der Waals surface area contributed by atoms with Crippen molar-refractivity contribution in [2.24, 2.45) is 5.73 Å². The molecule has 0 aromatic heterocycles. The molecule has 0 atom stereocenters. The third-order valence-corrected chi connectivity index (χ3v) is 1.61. The van der Waals surface area contributed by atoms with Gasteiger partial charge in [0, 0.05) is 17.7 Å². The molecule has 0 saturated carbocycles. The molecular weight excluding hydrogens is 156 g/mol. The summed E-state index contributed by atoms with van der Waals surface area (Å²) in [4.78, 5) is 10.1. The highest BCUT2D eigenvalue weighted by atomic mass is 16.6. The number of nitrogens with zero attached hydrogens (tertiary/aromatic N) is 1. The molecule has 63 valence electrons. The Morgan fingerprint density at radius 1 is 1.58 bits per heavy atom. The van der Waals surface area contributed by atoms with Gasteiger partial charge in [0.25, 0.3) is 5.69 Å². The highest BCUT2D eigenvalue weighted by Crippen LogP contribution is 2.21. The first-order valence-electron chi connectivity index (χ1n) is 3.45. The van der Waals surface area contributed by atoms with Crippen LogP contribution < -0.4 is 5.73 Å². The van der Waals surface area contributed by atoms with Crippen molar-refractivity contribution in [3.05, 3.63) is 46.4 Å². The van der Waals surface area contributed by atoms with Gasteiger partial charge in [0.05, 0.1) is 4.92 Å². The van der Waals surface area contributed by atoms with Crippen LogP contribution in [0.1, 0.15) is 11.1 Å². The summed E-state index contributed by atoms with van der Waals surface area (Å²) >= 11 is 0. The van der Waals surface area contributed by atoms with Gasteiger partial charge >= 0.3 is 0 Å². The summed E-state index contributed by atoms with van der Waals surface area (Å²) < 4.78 is 0. The van der Waals surface area contributed by atoms with Crippen LogP contribution in [-0.4, -0.2) is 4.92 Å². The van der Waals surface area contributed by atoms with E-state index in [4.69, 9.17) is 5.73 Å². The second kappa shape index (κ2) is 3.32. The molecule has 0 aliphatic carbocycles. The summed E-state index contributed by atoms with van der Waals surface area (Å²) in [5.74, 6) is 0. The second-order valence-corrected chi connectivity index (χ2v) is 2.39. The molecule has 0 aliphatic rings. The molecule has 2 N–H and O–H groups in total. The third kappa shape index (κ3) is 1.43. The summed E-state index contributed by atoms with van der Waals surface area (Å²) in [5, 5.41) is 10.5. The number of hydrogen-bond donors (Lipinski definition) is 1. The van der Waals surface area contributed by atoms with Gasteiger partial charge in [-0.1, -0.05) is 18.2 Å². The van der Waals surface area contributed by atoms with Gasteiger partial charge in [0.15, 0.2) is 0 Å². The predicted molar refractivity (Wildman–Crippen MR) is 45.4 cm³/mol. The summed E-state index contributed by atoms with van der Waals surface area (Å²) in [5.41, 5.74) is 6.28. The van der Waals surface area contributed by atoms with Crippen molar-refractivity contribution in [3.8, 4) is 0 Å². The minimum Gasteiger partial charge on any atom is -0.326 e. The normalized spacial score (nSPS) is 9.83. The van der Waals surface area contributed by atoms with Crippen molar-refractivity contribution in [1.29, 1.82) is 0 Å². The molecule has 4 nitrogen and oxygen atoms in total. The van der Waals surface area contributed by atoms with Crippen molar-refractivity contribution >= 4 is 5.69 Å². The van der Waals surface area contributed by atoms with Crippen molar-refractivity contribution < 1.29 is 4.92 Å². The lowest BCUT2D eigenvalue weighted by Crippen LogP contribution is -2.02. The second-order valence-electron chi connectivity index (χ2n) is 2.39. The SMILES string of the molecule is [CH2]c1cccc(CN)c1[N+](=O)[O-]. The quantitative estimate of drug-likeness (QED) is 0.529. The molecule has 1 radical (unpaired) electrons. The number of rotatable bonds is 2. The Labute approximate surface area is 70.2 Å². The van der Waals surface area contributed by atoms with Gasteiger partial charge in [0.1, 0.15) is 0 Å². The van der Waals surface area contributed by atoms with Crippen LogP contribution in [0.25, 0.3) is 0 Å². The van der Waals surface area contributed by atoms with Gasteiger partial charge in [-0.05, 0) is 6.92 Å². The molecule has 0 aliphatic heterocycles. The molecule has 0 spiro atoms. The summed E-state index contributed by atoms with van der Waals surface area (Å²) in [7, 11) is 0. The highest BCUT2D eigenvalue weighted by Gasteiger charge is 2.14. The van der Waals surface area contributed by atoms with Gasteiger partial charge in [0.2, 0.25) is 0 Å². The number of nitrogens with two attached hydrogens (primary N) is 1. The zero-order valence-electron chi connectivity index (χ0n) is 6.49. The van der Waals surface area contributed by atoms with Crippen molar-refractivity contribution in [2.45, 2.75) is 6.54 Å². The fourth-order valence-corrected chi connectivity index (χ4v) is 1.04. The van der Waals surface area contributed by atoms with Crippen LogP contribution in [0.15, 0.2) is 18.2 Å². The predicted octanol–water partition coefficient (Wildman–Crippen LogP) is 1.24. The maximum Gasteiger partial charge on any atom is 0.277 e. The van der Waals surface area contributed by atoms with Gasteiger partial charge in [-0.3, -0.25) is 10.1 Å². The molecular formula is C8H9N2O2. The van der Waals surface area contributed by atoms with Gasteiger partial charge in [-0.25, -0.2) is 0 Å². The van der Waals surface area contributed by atoms with Crippen molar-refractivity contribution in [1.82, 2.24) is 0 Å². The van der Waals surface area contributed by atoms with Gasteiger partial charge in [-0.2, -0.15) is 0 Å². The molecule has 1 rings (SSSR count). The van der Waals surface area contributed by atoms with Gasteiger partial charge in [-0.15, -0.1) is 0 Å². The van der Waals surface area contributed by atoms with Crippen molar-refractivity contribution in [3.63, 3.8) is 0 Å². The van der Waals surface area contributed by atoms with E-state index in [2.05, 4.69) is 6.92 Å². The fourth-order valence-electron chi connectivity index (χ4n) is 1.04. The van der Waals surface area contributed by atoms with E-state index in [0.29, 0.717) is 11.1 Å². The Bertz CT molecular complexity index is 310. The number of hydrogen-bond acceptors (Lipinski definition) is 3. The van der Waals surface area contributed by atoms with Crippen LogP contribution in [0.4, 0.5) is 5.69 Å². The monoisotopic (exact) mass is 165 g/mol. The van der Waals surface area contributed by atoms with Crippen LogP contribution in [0.3, 0.4) is 0 Å². The zero-order chi connectivity index (χ0) is 9.14. The Morgan fingerprint density at radius 3 is 2.67 bits per heavy atom. The maximum absolute atomic E-state index is 10.5. The number of nitro groups is 1. The molecule has 0 fully saturated rings. The molecule has 0 amide bonds. The van der Waals surface area contributed by atoms with E-state index in [9.17, 15) is 10.1 Å². The third-order valence-electron chi connectivity index (χ3n) is 1.61. The molecule has 0 heterocycles. The molecule has 0 unspecified atom stereocenters. The standard InChI is InChI=1S/C8H9N2O2/c1-6-3-2-4-7(5-9)8(6)10(11)12/h2-4H,1,5,9H2. The average molecular weight is 165 g/mol. The number of benzene rings is 1. The smallest absolute Gasteiger partial charge is 0.277 e. The minimum atomic E-state index is -0.454. The Balaban J connectivity index is 3.29. The first kappa shape index (κ1) is 8.67. The number of nitro benzene ring substituents is 1. The van der Waals surface area contributed by atoms with Crippen molar-refractivity contribution in [2.75, 3.05) is 0 Å². The van der Waals surface area contributed by atoms with Gasteiger partial charge < -0.3 is 5.73 Å². The summed E-state index contributed by atoms with van der Waals surface area (Å²) in [6.07, 6.45) is 0. The molecule has 0 saturated heterocycles. The highest BCUT2D eigenvalue weighted by molar-refractivity contribution is 5.49. The molecule has 1 aromatic rings. The van der Waals surface area contributed by atoms with E-state index in [1.807, 2.05) is 0 Å². The molecule has 12 heavy (non-hydrogen) atoms. The maximum atomic E-state index is 10.5. The first-order chi connectivity index (χ1) is 5.66. The lowest BCUT2D eigenvalue weighted by Gasteiger charge is -2.01. The molecule has 1 aromatic carbocycles. The van der Waals surface area contributed by atoms with E-state index < -0.39 is 4.92 Å². The Hall–Kier alpha value is -1.42. The largest absolute Gasteiger partial charge is 0.326 e. The van der Waals surface area contributed by atoms with E-state index in [-0.39, 0.29) is 12.2 Å². The van der Waals surface area contributed by atoms with Crippen LogP contribution in [0, 0.1) is 17.0 Å². The topological polar surface area (TPSA) is 69.2 Å². The molecule has 4 heteroatoms. The lowest BCUT2D eigenvalue weighted by molar-refractivity contribution is -0.385. The van der Waals surface area contributed by atoms with Crippen LogP contribution >= 0.6 is 0 Å². The fraction of sp³-hybridized carbons (Fsp3) is 0.125. The minimum absolute atomic E-state index is 0.0278. The van der Waals surface area contributed by atoms with Crippen LogP contribution in [0.2, 0.25) is 0 Å². The lowest BCUT2D eigenvalue weighted by atomic mass is 10.1. The number of para-hydroxylation sites is 1. The van der Waals surface area contributed by atoms with E-state index in [1.54, 1.807) is 18.2 Å². The van der Waals surface area contributed by atoms with E-state index >= 15 is 0 Å². The first-order valence-corrected chi connectivity index (χ1v) is 3.45. The Morgan fingerprint density at radius 2 is 2.25 bits per heavy atom. The summed E-state index contributed by atoms with van der Waals surface area (Å²) in [6, 6.07) is 4.93. The molecule has 0 bridgehead atoms. The zero-order valence-corrected chi connectivity index (χ0v) is 6.49. The average Bonchev–Trinajstić information content (AvgIpc) is 2.03. The Kier molecular flexibility index (Phi) is 2.40. The van der Waals surface area contributed by atoms with E-state index in [0.717, 1.165) is 0 Å².